The van der Waals surface area contributed by atoms with Crippen LogP contribution in [0.3, 0.4) is 0 Å². The van der Waals surface area contributed by atoms with Gasteiger partial charge in [0.05, 0.1) is 27.9 Å². The summed E-state index contributed by atoms with van der Waals surface area (Å²) in [7, 11) is 0. The molecule has 0 aliphatic heterocycles. The molecule has 6 rings (SSSR count). The molecule has 3 N–H and O–H groups in total. The van der Waals surface area contributed by atoms with E-state index in [0.717, 1.165) is 57.6 Å². The van der Waals surface area contributed by atoms with Crippen molar-refractivity contribution in [3.8, 4) is 11.4 Å². The van der Waals surface area contributed by atoms with Crippen LogP contribution in [0.15, 0.2) is 53.3 Å². The van der Waals surface area contributed by atoms with Crippen LogP contribution in [0.1, 0.15) is 22.7 Å². The quantitative estimate of drug-likeness (QED) is 0.316. The number of benzene rings is 2. The molecule has 3 aromatic heterocycles. The maximum atomic E-state index is 12.6. The lowest BCUT2D eigenvalue weighted by Gasteiger charge is -2.06. The third-order valence-corrected chi connectivity index (χ3v) is 8.06. The summed E-state index contributed by atoms with van der Waals surface area (Å²) in [5.74, 6) is 2.06. The first-order chi connectivity index (χ1) is 16.6. The zero-order valence-electron chi connectivity index (χ0n) is 18.2. The van der Waals surface area contributed by atoms with Crippen molar-refractivity contribution >= 4 is 55.9 Å². The predicted molar refractivity (Wildman–Crippen MR) is 139 cm³/mol. The number of carbonyl (C=O) groups excluding carboxylic acids is 1. The van der Waals surface area contributed by atoms with Crippen LogP contribution in [0.5, 0.6) is 0 Å². The first-order valence-electron chi connectivity index (χ1n) is 11.1. The molecule has 7 nitrogen and oxygen atoms in total. The average Bonchev–Trinajstić information content (AvgIpc) is 3.53. The normalized spacial score (nSPS) is 12.9. The molecule has 0 radical (unpaired) electrons. The average molecular weight is 488 g/mol. The van der Waals surface area contributed by atoms with Crippen LogP contribution in [0.2, 0.25) is 0 Å². The number of aromatic nitrogens is 4. The van der Waals surface area contributed by atoms with Crippen LogP contribution in [0, 0.1) is 0 Å². The van der Waals surface area contributed by atoms with Crippen molar-refractivity contribution in [3.63, 3.8) is 0 Å². The van der Waals surface area contributed by atoms with Crippen LogP contribution in [-0.2, 0) is 23.4 Å². The summed E-state index contributed by atoms with van der Waals surface area (Å²) in [6, 6.07) is 15.5. The minimum absolute atomic E-state index is 0.0611. The maximum absolute atomic E-state index is 12.6. The van der Waals surface area contributed by atoms with Crippen molar-refractivity contribution in [3.05, 3.63) is 75.1 Å². The number of amides is 1. The summed E-state index contributed by atoms with van der Waals surface area (Å²) < 4.78 is 0. The zero-order chi connectivity index (χ0) is 23.1. The molecule has 170 valence electrons. The Hall–Kier alpha value is -3.43. The molecule has 3 heterocycles. The van der Waals surface area contributed by atoms with Crippen molar-refractivity contribution in [2.24, 2.45) is 0 Å². The van der Waals surface area contributed by atoms with E-state index in [9.17, 15) is 9.59 Å². The van der Waals surface area contributed by atoms with E-state index >= 15 is 0 Å². The van der Waals surface area contributed by atoms with Crippen molar-refractivity contribution < 1.29 is 4.79 Å². The van der Waals surface area contributed by atoms with Gasteiger partial charge in [0, 0.05) is 16.1 Å². The summed E-state index contributed by atoms with van der Waals surface area (Å²) in [5.41, 5.74) is 4.71. The molecule has 2 aromatic carbocycles. The van der Waals surface area contributed by atoms with Gasteiger partial charge in [-0.25, -0.2) is 9.97 Å². The number of thiophene rings is 1. The first kappa shape index (κ1) is 21.1. The van der Waals surface area contributed by atoms with Crippen molar-refractivity contribution in [1.82, 2.24) is 19.9 Å². The van der Waals surface area contributed by atoms with Crippen LogP contribution in [0.4, 0.5) is 5.69 Å². The van der Waals surface area contributed by atoms with Gasteiger partial charge in [0.1, 0.15) is 16.5 Å². The van der Waals surface area contributed by atoms with Gasteiger partial charge in [0.2, 0.25) is 5.91 Å². The first-order valence-corrected chi connectivity index (χ1v) is 13.1. The number of fused-ring (bicyclic) bond motifs is 4. The Morgan fingerprint density at radius 3 is 2.76 bits per heavy atom. The van der Waals surface area contributed by atoms with Crippen molar-refractivity contribution in [2.45, 2.75) is 25.0 Å². The molecule has 1 amide bonds. The van der Waals surface area contributed by atoms with E-state index in [4.69, 9.17) is 0 Å². The maximum Gasteiger partial charge on any atom is 0.259 e. The highest BCUT2D eigenvalue weighted by atomic mass is 32.2. The van der Waals surface area contributed by atoms with Gasteiger partial charge in [0.15, 0.2) is 0 Å². The number of carbonyl (C=O) groups is 1. The monoisotopic (exact) mass is 487 g/mol. The van der Waals surface area contributed by atoms with E-state index in [1.54, 1.807) is 11.3 Å². The third kappa shape index (κ3) is 4.01. The summed E-state index contributed by atoms with van der Waals surface area (Å²) in [6.45, 7) is 0. The van der Waals surface area contributed by atoms with E-state index in [-0.39, 0.29) is 17.2 Å². The molecular weight excluding hydrogens is 466 g/mol. The van der Waals surface area contributed by atoms with Crippen LogP contribution in [0.25, 0.3) is 32.6 Å². The highest BCUT2D eigenvalue weighted by Gasteiger charge is 2.21. The molecule has 0 bridgehead atoms. The number of anilines is 1. The SMILES string of the molecule is O=C(CSCc1nc2sc3c(c2c(=O)[nH]1)CCC3)Nc1ccc(-c2nc3ccccc3[nH]2)cc1. The number of hydrogen-bond acceptors (Lipinski definition) is 6. The van der Waals surface area contributed by atoms with Crippen LogP contribution < -0.4 is 10.9 Å². The largest absolute Gasteiger partial charge is 0.338 e. The summed E-state index contributed by atoms with van der Waals surface area (Å²) in [6.07, 6.45) is 3.12. The topological polar surface area (TPSA) is 104 Å². The summed E-state index contributed by atoms with van der Waals surface area (Å²) >= 11 is 3.06. The molecule has 0 unspecified atom stereocenters. The van der Waals surface area contributed by atoms with Gasteiger partial charge in [-0.15, -0.1) is 23.1 Å². The second-order valence-corrected chi connectivity index (χ2v) is 10.3. The number of nitrogens with one attached hydrogen (secondary N) is 3. The molecule has 1 aliphatic rings. The molecule has 0 atom stereocenters. The number of aromatic amines is 2. The van der Waals surface area contributed by atoms with E-state index in [2.05, 4.69) is 25.3 Å². The van der Waals surface area contributed by atoms with Gasteiger partial charge in [-0.3, -0.25) is 9.59 Å². The zero-order valence-corrected chi connectivity index (χ0v) is 19.8. The predicted octanol–water partition coefficient (Wildman–Crippen LogP) is 4.89. The Kier molecular flexibility index (Phi) is 5.43. The fourth-order valence-corrected chi connectivity index (χ4v) is 6.32. The summed E-state index contributed by atoms with van der Waals surface area (Å²) in [5, 5.41) is 3.68. The van der Waals surface area contributed by atoms with Crippen molar-refractivity contribution in [1.29, 1.82) is 0 Å². The standard InChI is InChI=1S/C25H21N5O2S2/c31-21(13-33-12-20-29-24(32)22-16-4-3-7-19(16)34-25(22)30-20)26-15-10-8-14(9-11-15)23-27-17-5-1-2-6-18(17)28-23/h1-2,5-6,8-11H,3-4,7,12-13H2,(H,26,31)(H,27,28)(H,29,30,32). The van der Waals surface area contributed by atoms with E-state index < -0.39 is 0 Å². The van der Waals surface area contributed by atoms with E-state index in [1.807, 2.05) is 48.5 Å². The molecule has 0 spiro atoms. The minimum atomic E-state index is -0.0972. The molecule has 0 saturated heterocycles. The van der Waals surface area contributed by atoms with Crippen LogP contribution in [-0.4, -0.2) is 31.6 Å². The molecule has 34 heavy (non-hydrogen) atoms. The van der Waals surface area contributed by atoms with E-state index in [1.165, 1.54) is 22.2 Å². The second-order valence-electron chi connectivity index (χ2n) is 8.27. The third-order valence-electron chi connectivity index (χ3n) is 5.93. The Morgan fingerprint density at radius 2 is 1.91 bits per heavy atom. The van der Waals surface area contributed by atoms with Gasteiger partial charge < -0.3 is 15.3 Å². The van der Waals surface area contributed by atoms with Gasteiger partial charge in [0.25, 0.3) is 5.56 Å². The lowest BCUT2D eigenvalue weighted by atomic mass is 10.2. The Morgan fingerprint density at radius 1 is 1.06 bits per heavy atom. The summed E-state index contributed by atoms with van der Waals surface area (Å²) in [4.78, 5) is 42.5. The van der Waals surface area contributed by atoms with Gasteiger partial charge in [-0.2, -0.15) is 0 Å². The number of rotatable bonds is 6. The minimum Gasteiger partial charge on any atom is -0.338 e. The number of thioether (sulfide) groups is 1. The lowest BCUT2D eigenvalue weighted by Crippen LogP contribution is -2.15. The fourth-order valence-electron chi connectivity index (χ4n) is 4.35. The van der Waals surface area contributed by atoms with Gasteiger partial charge in [-0.1, -0.05) is 12.1 Å². The Labute approximate surface area is 203 Å². The van der Waals surface area contributed by atoms with E-state index in [0.29, 0.717) is 11.6 Å². The highest BCUT2D eigenvalue weighted by Crippen LogP contribution is 2.34. The van der Waals surface area contributed by atoms with Gasteiger partial charge >= 0.3 is 0 Å². The second kappa shape index (κ2) is 8.73. The van der Waals surface area contributed by atoms with Crippen LogP contribution >= 0.6 is 23.1 Å². The number of imidazole rings is 1. The smallest absolute Gasteiger partial charge is 0.259 e. The Balaban J connectivity index is 1.06. The molecule has 0 saturated carbocycles. The highest BCUT2D eigenvalue weighted by molar-refractivity contribution is 7.99. The number of H-pyrrole nitrogens is 2. The molecule has 9 heteroatoms. The number of nitrogens with zero attached hydrogens (tertiary/aromatic N) is 2. The molecule has 0 fully saturated rings. The van der Waals surface area contributed by atoms with Gasteiger partial charge in [-0.05, 0) is 61.2 Å². The number of aryl methyl sites for hydroxylation is 2. The Bertz CT molecular complexity index is 1550. The number of hydrogen-bond donors (Lipinski definition) is 3. The number of para-hydroxylation sites is 2. The molecule has 5 aromatic rings. The fraction of sp³-hybridized carbons (Fsp3) is 0.200. The molecular formula is C25H21N5O2S2. The van der Waals surface area contributed by atoms with Crippen molar-refractivity contribution in [2.75, 3.05) is 11.1 Å². The lowest BCUT2D eigenvalue weighted by molar-refractivity contribution is -0.113. The molecule has 1 aliphatic carbocycles.